The molecule has 1 aromatic carbocycles. The van der Waals surface area contributed by atoms with E-state index in [4.69, 9.17) is 0 Å². The number of benzene rings is 1. The van der Waals surface area contributed by atoms with Crippen LogP contribution < -0.4 is 4.90 Å². The monoisotopic (exact) mass is 269 g/mol. The first-order chi connectivity index (χ1) is 7.22. The van der Waals surface area contributed by atoms with Crippen molar-refractivity contribution < 1.29 is 9.90 Å². The summed E-state index contributed by atoms with van der Waals surface area (Å²) in [6.45, 7) is 1.41. The molecular formula is C11H12BrNO2. The number of halogens is 1. The minimum Gasteiger partial charge on any atom is -0.391 e. The summed E-state index contributed by atoms with van der Waals surface area (Å²) in [6, 6.07) is 5.66. The Hall–Kier alpha value is -0.870. The number of hydrogen-bond acceptors (Lipinski definition) is 3. The Morgan fingerprint density at radius 2 is 2.33 bits per heavy atom. The van der Waals surface area contributed by atoms with Crippen LogP contribution in [0.5, 0.6) is 0 Å². The average Bonchev–Trinajstić information content (AvgIpc) is 2.64. The van der Waals surface area contributed by atoms with E-state index in [1.165, 1.54) is 0 Å². The van der Waals surface area contributed by atoms with Gasteiger partial charge < -0.3 is 10.0 Å². The quantitative estimate of drug-likeness (QED) is 0.833. The molecule has 1 aliphatic rings. The number of aldehydes is 1. The van der Waals surface area contributed by atoms with Crippen LogP contribution in [0.2, 0.25) is 0 Å². The smallest absolute Gasteiger partial charge is 0.153 e. The van der Waals surface area contributed by atoms with E-state index in [-0.39, 0.29) is 6.10 Å². The van der Waals surface area contributed by atoms with Crippen molar-refractivity contribution in [2.75, 3.05) is 18.0 Å². The largest absolute Gasteiger partial charge is 0.391 e. The average molecular weight is 270 g/mol. The van der Waals surface area contributed by atoms with Gasteiger partial charge in [-0.15, -0.1) is 0 Å². The molecule has 1 atom stereocenters. The molecule has 3 nitrogen and oxygen atoms in total. The van der Waals surface area contributed by atoms with Crippen molar-refractivity contribution in [1.82, 2.24) is 0 Å². The van der Waals surface area contributed by atoms with Crippen molar-refractivity contribution in [2.45, 2.75) is 12.5 Å². The fourth-order valence-electron chi connectivity index (χ4n) is 1.88. The Kier molecular flexibility index (Phi) is 3.07. The summed E-state index contributed by atoms with van der Waals surface area (Å²) < 4.78 is 0.802. The number of aliphatic hydroxyl groups is 1. The number of β-amino-alcohol motifs (C(OH)–C–C–N with tert-alkyl or cyclic N) is 1. The molecule has 0 radical (unpaired) electrons. The zero-order chi connectivity index (χ0) is 10.8. The lowest BCUT2D eigenvalue weighted by Crippen LogP contribution is -2.22. The molecule has 1 aliphatic heterocycles. The summed E-state index contributed by atoms with van der Waals surface area (Å²) in [7, 11) is 0. The van der Waals surface area contributed by atoms with Crippen molar-refractivity contribution >= 4 is 27.9 Å². The molecule has 4 heteroatoms. The Labute approximate surface area is 96.8 Å². The highest BCUT2D eigenvalue weighted by molar-refractivity contribution is 9.10. The van der Waals surface area contributed by atoms with Gasteiger partial charge in [0.1, 0.15) is 0 Å². The fraction of sp³-hybridized carbons (Fsp3) is 0.364. The van der Waals surface area contributed by atoms with Crippen LogP contribution in [0.4, 0.5) is 5.69 Å². The highest BCUT2D eigenvalue weighted by Gasteiger charge is 2.22. The second kappa shape index (κ2) is 4.33. The first kappa shape index (κ1) is 10.6. The maximum absolute atomic E-state index is 11.0. The number of anilines is 1. The number of carbonyl (C=O) groups is 1. The van der Waals surface area contributed by atoms with Gasteiger partial charge >= 0.3 is 0 Å². The molecule has 0 saturated carbocycles. The third kappa shape index (κ3) is 2.06. The van der Waals surface area contributed by atoms with Gasteiger partial charge in [0.25, 0.3) is 0 Å². The second-order valence-electron chi connectivity index (χ2n) is 3.68. The fourth-order valence-corrected chi connectivity index (χ4v) is 2.33. The van der Waals surface area contributed by atoms with Gasteiger partial charge in [0.2, 0.25) is 0 Å². The SMILES string of the molecule is O=Cc1c(Br)cccc1N1CCC(O)C1. The van der Waals surface area contributed by atoms with Crippen molar-refractivity contribution in [1.29, 1.82) is 0 Å². The highest BCUT2D eigenvalue weighted by atomic mass is 79.9. The predicted molar refractivity (Wildman–Crippen MR) is 62.4 cm³/mol. The van der Waals surface area contributed by atoms with E-state index in [0.29, 0.717) is 12.1 Å². The summed E-state index contributed by atoms with van der Waals surface area (Å²) in [5.74, 6) is 0. The van der Waals surface area contributed by atoms with Gasteiger partial charge in [-0.05, 0) is 34.5 Å². The molecule has 1 unspecified atom stereocenters. The van der Waals surface area contributed by atoms with Crippen molar-refractivity contribution in [3.05, 3.63) is 28.2 Å². The van der Waals surface area contributed by atoms with E-state index in [2.05, 4.69) is 15.9 Å². The number of aliphatic hydroxyl groups excluding tert-OH is 1. The van der Waals surface area contributed by atoms with Gasteiger partial charge in [-0.1, -0.05) is 6.07 Å². The van der Waals surface area contributed by atoms with Crippen LogP contribution in [0.1, 0.15) is 16.8 Å². The molecule has 1 N–H and O–H groups in total. The topological polar surface area (TPSA) is 40.5 Å². The lowest BCUT2D eigenvalue weighted by atomic mass is 10.2. The van der Waals surface area contributed by atoms with Gasteiger partial charge in [0.15, 0.2) is 6.29 Å². The molecule has 0 aromatic heterocycles. The van der Waals surface area contributed by atoms with Gasteiger partial charge in [0, 0.05) is 23.2 Å². The van der Waals surface area contributed by atoms with Crippen molar-refractivity contribution in [3.8, 4) is 0 Å². The summed E-state index contributed by atoms with van der Waals surface area (Å²) in [5, 5.41) is 9.45. The number of nitrogens with zero attached hydrogens (tertiary/aromatic N) is 1. The van der Waals surface area contributed by atoms with E-state index < -0.39 is 0 Å². The van der Waals surface area contributed by atoms with E-state index in [1.54, 1.807) is 0 Å². The third-order valence-electron chi connectivity index (χ3n) is 2.65. The van der Waals surface area contributed by atoms with Crippen molar-refractivity contribution in [3.63, 3.8) is 0 Å². The number of carbonyl (C=O) groups excluding carboxylic acids is 1. The summed E-state index contributed by atoms with van der Waals surface area (Å²) in [5.41, 5.74) is 1.56. The van der Waals surface area contributed by atoms with Crippen LogP contribution >= 0.6 is 15.9 Å². The van der Waals surface area contributed by atoms with Crippen LogP contribution in [0.15, 0.2) is 22.7 Å². The van der Waals surface area contributed by atoms with Gasteiger partial charge in [-0.3, -0.25) is 4.79 Å². The van der Waals surface area contributed by atoms with Crippen LogP contribution in [-0.2, 0) is 0 Å². The molecule has 1 fully saturated rings. The molecule has 80 valence electrons. The normalized spacial score (nSPS) is 20.7. The molecular weight excluding hydrogens is 258 g/mol. The summed E-state index contributed by atoms with van der Waals surface area (Å²) in [4.78, 5) is 13.0. The Morgan fingerprint density at radius 3 is 2.93 bits per heavy atom. The minimum atomic E-state index is -0.275. The summed E-state index contributed by atoms with van der Waals surface area (Å²) >= 11 is 3.35. The lowest BCUT2D eigenvalue weighted by molar-refractivity contribution is 0.112. The van der Waals surface area contributed by atoms with Gasteiger partial charge in [-0.2, -0.15) is 0 Å². The van der Waals surface area contributed by atoms with Crippen molar-refractivity contribution in [2.24, 2.45) is 0 Å². The van der Waals surface area contributed by atoms with Crippen LogP contribution in [0.3, 0.4) is 0 Å². The van der Waals surface area contributed by atoms with Gasteiger partial charge in [-0.25, -0.2) is 0 Å². The molecule has 1 heterocycles. The molecule has 0 amide bonds. The lowest BCUT2D eigenvalue weighted by Gasteiger charge is -2.20. The maximum atomic E-state index is 11.0. The Morgan fingerprint density at radius 1 is 1.53 bits per heavy atom. The van der Waals surface area contributed by atoms with Gasteiger partial charge in [0.05, 0.1) is 11.7 Å². The molecule has 15 heavy (non-hydrogen) atoms. The molecule has 2 rings (SSSR count). The summed E-state index contributed by atoms with van der Waals surface area (Å²) in [6.07, 6.45) is 1.35. The van der Waals surface area contributed by atoms with Crippen LogP contribution in [0.25, 0.3) is 0 Å². The van der Waals surface area contributed by atoms with Crippen LogP contribution in [-0.4, -0.2) is 30.6 Å². The van der Waals surface area contributed by atoms with E-state index in [9.17, 15) is 9.90 Å². The van der Waals surface area contributed by atoms with E-state index >= 15 is 0 Å². The Balaban J connectivity index is 2.35. The van der Waals surface area contributed by atoms with E-state index in [1.807, 2.05) is 23.1 Å². The zero-order valence-electron chi connectivity index (χ0n) is 8.19. The third-order valence-corrected chi connectivity index (χ3v) is 3.34. The molecule has 0 spiro atoms. The molecule has 1 saturated heterocycles. The van der Waals surface area contributed by atoms with E-state index in [0.717, 1.165) is 29.4 Å². The predicted octanol–water partition coefficient (Wildman–Crippen LogP) is 1.83. The first-order valence-electron chi connectivity index (χ1n) is 4.89. The molecule has 0 bridgehead atoms. The minimum absolute atomic E-state index is 0.275. The molecule has 0 aliphatic carbocycles. The van der Waals surface area contributed by atoms with Crippen LogP contribution in [0, 0.1) is 0 Å². The Bertz CT molecular complexity index is 381. The highest BCUT2D eigenvalue weighted by Crippen LogP contribution is 2.28. The number of rotatable bonds is 2. The molecule has 1 aromatic rings. The second-order valence-corrected chi connectivity index (χ2v) is 4.53. The maximum Gasteiger partial charge on any atom is 0.153 e. The number of hydrogen-bond donors (Lipinski definition) is 1. The first-order valence-corrected chi connectivity index (χ1v) is 5.68. The standard InChI is InChI=1S/C11H12BrNO2/c12-10-2-1-3-11(9(10)7-14)13-5-4-8(15)6-13/h1-3,7-8,15H,4-6H2. The zero-order valence-corrected chi connectivity index (χ0v) is 9.77.